The molecule has 2 N–H and O–H groups in total. The molecule has 0 radical (unpaired) electrons. The third-order valence-corrected chi connectivity index (χ3v) is 9.11. The van der Waals surface area contributed by atoms with Gasteiger partial charge < -0.3 is 29.2 Å². The molecule has 2 aliphatic carbocycles. The number of esters is 2. The molecule has 4 aliphatic rings. The highest BCUT2D eigenvalue weighted by molar-refractivity contribution is 5.71. The molecule has 256 valence electrons. The van der Waals surface area contributed by atoms with E-state index in [0.29, 0.717) is 37.1 Å². The molecular weight excluding hydrogens is 564 g/mol. The fraction of sp³-hybridized carbons (Fsp3) is 0.941. The van der Waals surface area contributed by atoms with Crippen molar-refractivity contribution in [2.75, 3.05) is 52.6 Å². The van der Waals surface area contributed by atoms with Crippen LogP contribution in [0.3, 0.4) is 0 Å². The van der Waals surface area contributed by atoms with Crippen LogP contribution < -0.4 is 0 Å². The second-order valence-corrected chi connectivity index (χ2v) is 15.3. The van der Waals surface area contributed by atoms with Crippen LogP contribution in [0.25, 0.3) is 0 Å². The molecule has 0 spiro atoms. The minimum atomic E-state index is -0.450. The summed E-state index contributed by atoms with van der Waals surface area (Å²) < 4.78 is 21.5. The van der Waals surface area contributed by atoms with Gasteiger partial charge in [0.25, 0.3) is 0 Å². The van der Waals surface area contributed by atoms with Crippen LogP contribution in [0.5, 0.6) is 0 Å². The van der Waals surface area contributed by atoms with Gasteiger partial charge in [-0.05, 0) is 144 Å². The number of likely N-dealkylation sites (tertiary alicyclic amines) is 2. The molecule has 2 aliphatic heterocycles. The molecule has 0 aromatic rings. The van der Waals surface area contributed by atoms with Crippen molar-refractivity contribution in [2.24, 2.45) is 11.8 Å². The average molecular weight is 627 g/mol. The van der Waals surface area contributed by atoms with Crippen molar-refractivity contribution in [1.29, 1.82) is 0 Å². The highest BCUT2D eigenvalue weighted by Gasteiger charge is 2.34. The number of aliphatic hydroxyl groups excluding tert-OH is 2. The van der Waals surface area contributed by atoms with E-state index in [1.165, 1.54) is 0 Å². The summed E-state index contributed by atoms with van der Waals surface area (Å²) in [6.07, 6.45) is 10.5. The fourth-order valence-electron chi connectivity index (χ4n) is 6.96. The Morgan fingerprint density at radius 2 is 0.932 bits per heavy atom. The molecule has 0 aromatic carbocycles. The molecule has 4 fully saturated rings. The van der Waals surface area contributed by atoms with Crippen LogP contribution in [-0.2, 0) is 28.5 Å². The Balaban J connectivity index is 0.000000240. The van der Waals surface area contributed by atoms with Crippen molar-refractivity contribution in [1.82, 2.24) is 9.80 Å². The van der Waals surface area contributed by atoms with Crippen molar-refractivity contribution in [3.05, 3.63) is 0 Å². The summed E-state index contributed by atoms with van der Waals surface area (Å²) in [7, 11) is 0. The number of aliphatic hydroxyl groups is 2. The molecule has 4 rings (SSSR count). The van der Waals surface area contributed by atoms with Crippen molar-refractivity contribution in [3.63, 3.8) is 0 Å². The first kappa shape index (κ1) is 37.2. The number of nitrogens with zero attached hydrogens (tertiary/aromatic N) is 2. The lowest BCUT2D eigenvalue weighted by atomic mass is 9.96. The molecule has 0 unspecified atom stereocenters. The summed E-state index contributed by atoms with van der Waals surface area (Å²) in [4.78, 5) is 28.0. The number of carbonyl (C=O) groups excluding carboxylic acids is 2. The molecule has 0 aromatic heterocycles. The topological polar surface area (TPSA) is 118 Å². The molecule has 0 bridgehead atoms. The maximum Gasteiger partial charge on any atom is 0.332 e. The van der Waals surface area contributed by atoms with Gasteiger partial charge in [0, 0.05) is 12.1 Å². The van der Waals surface area contributed by atoms with Crippen molar-refractivity contribution >= 4 is 11.9 Å². The molecule has 4 atom stereocenters. The SMILES string of the molecule is CC(C)(C)OC(=O)COCC1CCN([C@@H]2CCC[C@H]2O)CC1.CC(C)(C)OC(=O)COCC1CCN([C@H]2CCC[C@@H]2O)CC1. The van der Waals surface area contributed by atoms with Crippen LogP contribution in [0.1, 0.15) is 106 Å². The Bertz CT molecular complexity index is 786. The van der Waals surface area contributed by atoms with Crippen molar-refractivity contribution in [3.8, 4) is 0 Å². The van der Waals surface area contributed by atoms with Gasteiger partial charge >= 0.3 is 11.9 Å². The van der Waals surface area contributed by atoms with Gasteiger partial charge in [-0.25, -0.2) is 9.59 Å². The molecule has 0 amide bonds. The Hall–Kier alpha value is -1.30. The van der Waals surface area contributed by atoms with Gasteiger partial charge in [0.2, 0.25) is 0 Å². The van der Waals surface area contributed by atoms with Crippen molar-refractivity contribution in [2.45, 2.75) is 141 Å². The standard InChI is InChI=1S/2C17H31NO4/c2*1-17(2,3)22-16(20)12-21-11-13-7-9-18(10-8-13)14-5-4-6-15(14)19/h2*13-15,19H,4-12H2,1-3H3/t2*14-,15-/m10/s1. The highest BCUT2D eigenvalue weighted by Crippen LogP contribution is 2.29. The summed E-state index contributed by atoms with van der Waals surface area (Å²) in [6, 6.07) is 0.729. The Labute approximate surface area is 266 Å². The second-order valence-electron chi connectivity index (χ2n) is 15.3. The smallest absolute Gasteiger partial charge is 0.332 e. The fourth-order valence-corrected chi connectivity index (χ4v) is 6.96. The van der Waals surface area contributed by atoms with Gasteiger partial charge in [0.15, 0.2) is 0 Å². The minimum Gasteiger partial charge on any atom is -0.458 e. The van der Waals surface area contributed by atoms with E-state index in [2.05, 4.69) is 9.80 Å². The summed E-state index contributed by atoms with van der Waals surface area (Å²) in [5.74, 6) is 0.437. The Kier molecular flexibility index (Phi) is 14.8. The van der Waals surface area contributed by atoms with E-state index in [1.807, 2.05) is 41.5 Å². The average Bonchev–Trinajstić information content (AvgIpc) is 3.56. The highest BCUT2D eigenvalue weighted by atomic mass is 16.6. The first-order valence-electron chi connectivity index (χ1n) is 17.1. The quantitative estimate of drug-likeness (QED) is 0.345. The molecule has 2 saturated heterocycles. The third-order valence-electron chi connectivity index (χ3n) is 9.11. The lowest BCUT2D eigenvalue weighted by Gasteiger charge is -2.37. The summed E-state index contributed by atoms with van der Waals surface area (Å²) in [5.41, 5.74) is -0.901. The number of piperidine rings is 2. The summed E-state index contributed by atoms with van der Waals surface area (Å²) in [6.45, 7) is 16.6. The molecule has 44 heavy (non-hydrogen) atoms. The summed E-state index contributed by atoms with van der Waals surface area (Å²) in [5, 5.41) is 20.0. The van der Waals surface area contributed by atoms with Gasteiger partial charge in [-0.1, -0.05) is 0 Å². The van der Waals surface area contributed by atoms with Gasteiger partial charge in [0.1, 0.15) is 24.4 Å². The Morgan fingerprint density at radius 3 is 1.20 bits per heavy atom. The van der Waals surface area contributed by atoms with Gasteiger partial charge in [-0.2, -0.15) is 0 Å². The van der Waals surface area contributed by atoms with E-state index in [-0.39, 0.29) is 37.4 Å². The van der Waals surface area contributed by atoms with Crippen LogP contribution in [0.4, 0.5) is 0 Å². The van der Waals surface area contributed by atoms with Gasteiger partial charge in [0.05, 0.1) is 25.4 Å². The van der Waals surface area contributed by atoms with Crippen LogP contribution in [0.2, 0.25) is 0 Å². The zero-order valence-corrected chi connectivity index (χ0v) is 28.4. The first-order chi connectivity index (χ1) is 20.7. The number of hydrogen-bond donors (Lipinski definition) is 2. The predicted octanol–water partition coefficient (Wildman–Crippen LogP) is 3.94. The molecular formula is C34H62N2O8. The van der Waals surface area contributed by atoms with Crippen LogP contribution in [0, 0.1) is 11.8 Å². The predicted molar refractivity (Wildman–Crippen MR) is 169 cm³/mol. The maximum absolute atomic E-state index is 11.6. The van der Waals surface area contributed by atoms with Crippen molar-refractivity contribution < 1.29 is 38.7 Å². The molecule has 10 heteroatoms. The molecule has 2 heterocycles. The lowest BCUT2D eigenvalue weighted by molar-refractivity contribution is -0.161. The van der Waals surface area contributed by atoms with Gasteiger partial charge in [-0.3, -0.25) is 9.80 Å². The van der Waals surface area contributed by atoms with E-state index in [9.17, 15) is 19.8 Å². The number of rotatable bonds is 10. The van der Waals surface area contributed by atoms with Crippen LogP contribution in [0.15, 0.2) is 0 Å². The molecule has 2 saturated carbocycles. The van der Waals surface area contributed by atoms with Gasteiger partial charge in [-0.15, -0.1) is 0 Å². The van der Waals surface area contributed by atoms with E-state index in [1.54, 1.807) is 0 Å². The Morgan fingerprint density at radius 1 is 0.591 bits per heavy atom. The summed E-state index contributed by atoms with van der Waals surface area (Å²) >= 11 is 0. The largest absolute Gasteiger partial charge is 0.458 e. The number of carbonyl (C=O) groups is 2. The third kappa shape index (κ3) is 13.6. The first-order valence-corrected chi connectivity index (χ1v) is 17.1. The van der Waals surface area contributed by atoms with E-state index in [4.69, 9.17) is 18.9 Å². The normalized spacial score (nSPS) is 28.0. The van der Waals surface area contributed by atoms with E-state index in [0.717, 1.165) is 90.4 Å². The van der Waals surface area contributed by atoms with Crippen LogP contribution in [-0.4, -0.2) is 120 Å². The molecule has 10 nitrogen and oxygen atoms in total. The lowest BCUT2D eigenvalue weighted by Crippen LogP contribution is -2.45. The number of hydrogen-bond acceptors (Lipinski definition) is 10. The second kappa shape index (κ2) is 17.6. The monoisotopic (exact) mass is 626 g/mol. The van der Waals surface area contributed by atoms with Crippen LogP contribution >= 0.6 is 0 Å². The van der Waals surface area contributed by atoms with E-state index < -0.39 is 11.2 Å². The van der Waals surface area contributed by atoms with E-state index >= 15 is 0 Å². The maximum atomic E-state index is 11.6. The minimum absolute atomic E-state index is 0.0405. The zero-order valence-electron chi connectivity index (χ0n) is 28.4. The number of ether oxygens (including phenoxy) is 4. The zero-order chi connectivity index (χ0) is 32.3.